The molecule has 1 amide bonds. The number of hydrogen-bond donors (Lipinski definition) is 2. The van der Waals surface area contributed by atoms with Crippen LogP contribution in [0.4, 0.5) is 13.2 Å². The number of aryl methyl sites for hydroxylation is 1. The third-order valence-electron chi connectivity index (χ3n) is 5.14. The van der Waals surface area contributed by atoms with Crippen LogP contribution in [-0.4, -0.2) is 34.1 Å². The fraction of sp³-hybridized carbons (Fsp3) is 0.381. The van der Waals surface area contributed by atoms with E-state index in [-0.39, 0.29) is 23.0 Å². The maximum absolute atomic E-state index is 12.8. The quantitative estimate of drug-likeness (QED) is 0.798. The number of phenols is 2. The van der Waals surface area contributed by atoms with E-state index < -0.39 is 17.6 Å². The summed E-state index contributed by atoms with van der Waals surface area (Å²) in [6, 6.07) is 9.48. The Morgan fingerprint density at radius 1 is 1.11 bits per heavy atom. The van der Waals surface area contributed by atoms with Crippen LogP contribution >= 0.6 is 0 Å². The second-order valence-electron chi connectivity index (χ2n) is 7.17. The molecule has 0 aliphatic carbocycles. The zero-order valence-corrected chi connectivity index (χ0v) is 15.2. The molecule has 28 heavy (non-hydrogen) atoms. The number of carbonyl (C=O) groups excluding carboxylic acids is 1. The summed E-state index contributed by atoms with van der Waals surface area (Å²) >= 11 is 0. The number of nitrogens with zero attached hydrogens (tertiary/aromatic N) is 1. The van der Waals surface area contributed by atoms with Crippen molar-refractivity contribution in [2.24, 2.45) is 5.92 Å². The van der Waals surface area contributed by atoms with Crippen molar-refractivity contribution >= 4 is 5.91 Å². The van der Waals surface area contributed by atoms with Crippen LogP contribution in [0.25, 0.3) is 0 Å². The third-order valence-corrected chi connectivity index (χ3v) is 5.14. The molecule has 0 radical (unpaired) electrons. The highest BCUT2D eigenvalue weighted by Gasteiger charge is 2.31. The molecule has 1 aliphatic heterocycles. The van der Waals surface area contributed by atoms with Crippen LogP contribution in [0.15, 0.2) is 42.5 Å². The van der Waals surface area contributed by atoms with Crippen molar-refractivity contribution < 1.29 is 28.2 Å². The Kier molecular flexibility index (Phi) is 5.82. The minimum absolute atomic E-state index is 0.110. The Morgan fingerprint density at radius 2 is 1.79 bits per heavy atom. The van der Waals surface area contributed by atoms with E-state index in [1.807, 2.05) is 0 Å². The van der Waals surface area contributed by atoms with Gasteiger partial charge in [0, 0.05) is 13.1 Å². The molecule has 7 heteroatoms. The van der Waals surface area contributed by atoms with Gasteiger partial charge in [0.05, 0.1) is 5.56 Å². The predicted octanol–water partition coefficient (Wildman–Crippen LogP) is 4.60. The number of amides is 1. The van der Waals surface area contributed by atoms with Gasteiger partial charge in [0.25, 0.3) is 5.91 Å². The summed E-state index contributed by atoms with van der Waals surface area (Å²) in [4.78, 5) is 14.3. The first-order valence-electron chi connectivity index (χ1n) is 9.22. The predicted molar refractivity (Wildman–Crippen MR) is 98.2 cm³/mol. The van der Waals surface area contributed by atoms with Crippen LogP contribution in [0.1, 0.15) is 40.7 Å². The van der Waals surface area contributed by atoms with Crippen LogP contribution in [-0.2, 0) is 12.6 Å². The number of alkyl halides is 3. The number of halogens is 3. The van der Waals surface area contributed by atoms with Gasteiger partial charge >= 0.3 is 6.18 Å². The van der Waals surface area contributed by atoms with Gasteiger partial charge in [-0.15, -0.1) is 0 Å². The Bertz CT molecular complexity index is 831. The van der Waals surface area contributed by atoms with Gasteiger partial charge in [-0.05, 0) is 55.4 Å². The maximum atomic E-state index is 12.8. The van der Waals surface area contributed by atoms with Gasteiger partial charge in [-0.2, -0.15) is 13.2 Å². The van der Waals surface area contributed by atoms with Crippen LogP contribution in [0.3, 0.4) is 0 Å². The van der Waals surface area contributed by atoms with Gasteiger partial charge in [0.2, 0.25) is 0 Å². The zero-order valence-electron chi connectivity index (χ0n) is 15.2. The van der Waals surface area contributed by atoms with Crippen molar-refractivity contribution in [1.82, 2.24) is 4.90 Å². The molecule has 0 aromatic heterocycles. The normalized spacial score (nSPS) is 17.5. The number of benzene rings is 2. The van der Waals surface area contributed by atoms with Crippen LogP contribution in [0, 0.1) is 5.92 Å². The summed E-state index contributed by atoms with van der Waals surface area (Å²) < 4.78 is 38.5. The minimum Gasteiger partial charge on any atom is -0.507 e. The molecule has 150 valence electrons. The van der Waals surface area contributed by atoms with E-state index in [1.165, 1.54) is 30.3 Å². The summed E-state index contributed by atoms with van der Waals surface area (Å²) in [5, 5.41) is 19.8. The highest BCUT2D eigenvalue weighted by Crippen LogP contribution is 2.32. The SMILES string of the molecule is O=C(c1c(O)cccc1O)N1CCCC(CCc2cccc(C(F)(F)F)c2)C1. The Balaban J connectivity index is 1.64. The van der Waals surface area contributed by atoms with Crippen molar-refractivity contribution in [3.05, 3.63) is 59.2 Å². The van der Waals surface area contributed by atoms with Crippen LogP contribution in [0.2, 0.25) is 0 Å². The molecular weight excluding hydrogens is 371 g/mol. The molecule has 1 atom stereocenters. The van der Waals surface area contributed by atoms with Gasteiger partial charge in [-0.1, -0.05) is 24.3 Å². The largest absolute Gasteiger partial charge is 0.507 e. The first kappa shape index (κ1) is 20.0. The van der Waals surface area contributed by atoms with Crippen molar-refractivity contribution in [2.75, 3.05) is 13.1 Å². The molecule has 1 aliphatic rings. The summed E-state index contributed by atoms with van der Waals surface area (Å²) in [6.07, 6.45) is -1.54. The van der Waals surface area contributed by atoms with Crippen LogP contribution in [0.5, 0.6) is 11.5 Å². The van der Waals surface area contributed by atoms with Gasteiger partial charge in [-0.25, -0.2) is 0 Å². The van der Waals surface area contributed by atoms with Gasteiger partial charge in [0.1, 0.15) is 17.1 Å². The average Bonchev–Trinajstić information content (AvgIpc) is 2.66. The number of hydrogen-bond acceptors (Lipinski definition) is 3. The maximum Gasteiger partial charge on any atom is 0.416 e. The molecule has 3 rings (SSSR count). The molecule has 1 unspecified atom stereocenters. The van der Waals surface area contributed by atoms with Crippen molar-refractivity contribution in [3.63, 3.8) is 0 Å². The summed E-state index contributed by atoms with van der Waals surface area (Å²) in [7, 11) is 0. The molecule has 1 fully saturated rings. The second kappa shape index (κ2) is 8.12. The summed E-state index contributed by atoms with van der Waals surface area (Å²) in [5.41, 5.74) is -0.141. The highest BCUT2D eigenvalue weighted by molar-refractivity contribution is 5.99. The number of piperidine rings is 1. The van der Waals surface area contributed by atoms with Crippen molar-refractivity contribution in [2.45, 2.75) is 31.9 Å². The number of aromatic hydroxyl groups is 2. The highest BCUT2D eigenvalue weighted by atomic mass is 19.4. The monoisotopic (exact) mass is 393 g/mol. The van der Waals surface area contributed by atoms with E-state index in [2.05, 4.69) is 0 Å². The van der Waals surface area contributed by atoms with E-state index in [0.29, 0.717) is 31.5 Å². The lowest BCUT2D eigenvalue weighted by molar-refractivity contribution is -0.137. The molecular formula is C21H22F3NO3. The average molecular weight is 393 g/mol. The molecule has 2 aromatic carbocycles. The summed E-state index contributed by atoms with van der Waals surface area (Å²) in [5.74, 6) is -0.813. The van der Waals surface area contributed by atoms with E-state index >= 15 is 0 Å². The summed E-state index contributed by atoms with van der Waals surface area (Å²) in [6.45, 7) is 0.970. The van der Waals surface area contributed by atoms with E-state index in [4.69, 9.17) is 0 Å². The Hall–Kier alpha value is -2.70. The zero-order chi connectivity index (χ0) is 20.3. The molecule has 2 aromatic rings. The molecule has 0 saturated carbocycles. The molecule has 0 spiro atoms. The lowest BCUT2D eigenvalue weighted by Crippen LogP contribution is -2.40. The minimum atomic E-state index is -4.36. The third kappa shape index (κ3) is 4.58. The van der Waals surface area contributed by atoms with Crippen LogP contribution < -0.4 is 0 Å². The fourth-order valence-electron chi connectivity index (χ4n) is 3.66. The molecule has 2 N–H and O–H groups in total. The number of rotatable bonds is 4. The Morgan fingerprint density at radius 3 is 2.46 bits per heavy atom. The van der Waals surface area contributed by atoms with Crippen molar-refractivity contribution in [3.8, 4) is 11.5 Å². The van der Waals surface area contributed by atoms with Gasteiger partial charge in [-0.3, -0.25) is 4.79 Å². The lowest BCUT2D eigenvalue weighted by Gasteiger charge is -2.33. The van der Waals surface area contributed by atoms with E-state index in [1.54, 1.807) is 11.0 Å². The first-order chi connectivity index (χ1) is 13.3. The standard InChI is InChI=1S/C21H22F3NO3/c22-21(23,24)16-6-1-4-14(12-16)9-10-15-5-3-11-25(13-15)20(28)19-17(26)7-2-8-18(19)27/h1-2,4,6-8,12,15,26-27H,3,5,9-11,13H2. The topological polar surface area (TPSA) is 60.8 Å². The molecule has 4 nitrogen and oxygen atoms in total. The molecule has 1 saturated heterocycles. The number of phenolic OH excluding ortho intramolecular Hbond substituents is 2. The Labute approximate surface area is 161 Å². The smallest absolute Gasteiger partial charge is 0.416 e. The van der Waals surface area contributed by atoms with Gasteiger partial charge in [0.15, 0.2) is 0 Å². The van der Waals surface area contributed by atoms with Gasteiger partial charge < -0.3 is 15.1 Å². The molecule has 1 heterocycles. The fourth-order valence-corrected chi connectivity index (χ4v) is 3.66. The number of likely N-dealkylation sites (tertiary alicyclic amines) is 1. The number of carbonyl (C=O) groups is 1. The second-order valence-corrected chi connectivity index (χ2v) is 7.17. The van der Waals surface area contributed by atoms with E-state index in [9.17, 15) is 28.2 Å². The van der Waals surface area contributed by atoms with Crippen molar-refractivity contribution in [1.29, 1.82) is 0 Å². The lowest BCUT2D eigenvalue weighted by atomic mass is 9.91. The molecule has 0 bridgehead atoms. The first-order valence-corrected chi connectivity index (χ1v) is 9.22. The van der Waals surface area contributed by atoms with E-state index in [0.717, 1.165) is 18.9 Å².